The first-order valence-corrected chi connectivity index (χ1v) is 5.70. The van der Waals surface area contributed by atoms with E-state index in [2.05, 4.69) is 30.7 Å². The molecule has 0 aromatic carbocycles. The minimum atomic E-state index is 0.446. The highest BCUT2D eigenvalue weighted by atomic mass is 15.3. The zero-order valence-electron chi connectivity index (χ0n) is 10.1. The van der Waals surface area contributed by atoms with Gasteiger partial charge in [0.05, 0.1) is 0 Å². The van der Waals surface area contributed by atoms with Crippen molar-refractivity contribution in [2.24, 2.45) is 10.7 Å². The van der Waals surface area contributed by atoms with Gasteiger partial charge in [-0.3, -0.25) is 4.99 Å². The van der Waals surface area contributed by atoms with Gasteiger partial charge in [0, 0.05) is 19.1 Å². The molecule has 0 aromatic heterocycles. The first-order valence-electron chi connectivity index (χ1n) is 5.70. The summed E-state index contributed by atoms with van der Waals surface area (Å²) < 4.78 is 0. The summed E-state index contributed by atoms with van der Waals surface area (Å²) in [4.78, 5) is 6.42. The molecule has 0 heterocycles. The minimum absolute atomic E-state index is 0.446. The summed E-state index contributed by atoms with van der Waals surface area (Å²) in [5, 5.41) is 0. The number of guanidine groups is 1. The van der Waals surface area contributed by atoms with Crippen molar-refractivity contribution in [2.45, 2.75) is 53.0 Å². The van der Waals surface area contributed by atoms with Crippen LogP contribution in [0.3, 0.4) is 0 Å². The second-order valence-electron chi connectivity index (χ2n) is 3.83. The van der Waals surface area contributed by atoms with E-state index in [1.165, 1.54) is 19.3 Å². The summed E-state index contributed by atoms with van der Waals surface area (Å²) in [6, 6.07) is 0.446. The van der Waals surface area contributed by atoms with Crippen molar-refractivity contribution in [3.63, 3.8) is 0 Å². The Balaban J connectivity index is 4.08. The number of aliphatic imine (C=N–C) groups is 1. The molecule has 3 heteroatoms. The van der Waals surface area contributed by atoms with Crippen molar-refractivity contribution in [3.8, 4) is 0 Å². The smallest absolute Gasteiger partial charge is 0.191 e. The predicted octanol–water partition coefficient (Wildman–Crippen LogP) is 2.22. The summed E-state index contributed by atoms with van der Waals surface area (Å²) in [5.41, 5.74) is 5.89. The molecule has 0 aliphatic rings. The average molecular weight is 199 g/mol. The topological polar surface area (TPSA) is 41.6 Å². The van der Waals surface area contributed by atoms with E-state index in [0.717, 1.165) is 13.1 Å². The molecular formula is C11H25N3. The molecule has 0 bridgehead atoms. The highest BCUT2D eigenvalue weighted by molar-refractivity contribution is 5.78. The number of hydrogen-bond donors (Lipinski definition) is 1. The predicted molar refractivity (Wildman–Crippen MR) is 63.5 cm³/mol. The van der Waals surface area contributed by atoms with Gasteiger partial charge >= 0.3 is 0 Å². The van der Waals surface area contributed by atoms with Gasteiger partial charge < -0.3 is 10.6 Å². The Morgan fingerprint density at radius 3 is 2.36 bits per heavy atom. The first kappa shape index (κ1) is 13.3. The van der Waals surface area contributed by atoms with Crippen LogP contribution < -0.4 is 5.73 Å². The summed E-state index contributed by atoms with van der Waals surface area (Å²) in [6.45, 7) is 10.3. The molecule has 84 valence electrons. The molecule has 0 spiro atoms. The van der Waals surface area contributed by atoms with Gasteiger partial charge in [0.25, 0.3) is 0 Å². The third-order valence-corrected chi connectivity index (χ3v) is 2.24. The summed E-state index contributed by atoms with van der Waals surface area (Å²) in [6.07, 6.45) is 3.72. The number of unbranched alkanes of at least 4 members (excludes halogenated alkanes) is 2. The second-order valence-corrected chi connectivity index (χ2v) is 3.83. The molecule has 2 N–H and O–H groups in total. The number of rotatable bonds is 6. The Morgan fingerprint density at radius 1 is 1.29 bits per heavy atom. The van der Waals surface area contributed by atoms with Gasteiger partial charge in [-0.25, -0.2) is 0 Å². The van der Waals surface area contributed by atoms with Crippen LogP contribution in [-0.2, 0) is 0 Å². The van der Waals surface area contributed by atoms with Gasteiger partial charge in [-0.05, 0) is 27.2 Å². The number of nitrogens with zero attached hydrogens (tertiary/aromatic N) is 2. The molecule has 0 saturated carbocycles. The Kier molecular flexibility index (Phi) is 7.25. The molecule has 3 nitrogen and oxygen atoms in total. The van der Waals surface area contributed by atoms with E-state index in [1.54, 1.807) is 0 Å². The van der Waals surface area contributed by atoms with Crippen molar-refractivity contribution >= 4 is 5.96 Å². The largest absolute Gasteiger partial charge is 0.370 e. The lowest BCUT2D eigenvalue weighted by atomic mass is 10.2. The van der Waals surface area contributed by atoms with Crippen LogP contribution in [0.25, 0.3) is 0 Å². The maximum atomic E-state index is 5.89. The van der Waals surface area contributed by atoms with Gasteiger partial charge in [0.15, 0.2) is 5.96 Å². The number of hydrogen-bond acceptors (Lipinski definition) is 1. The Morgan fingerprint density at radius 2 is 1.93 bits per heavy atom. The molecule has 0 aliphatic carbocycles. The quantitative estimate of drug-likeness (QED) is 0.405. The third kappa shape index (κ3) is 5.10. The Hall–Kier alpha value is -0.730. The third-order valence-electron chi connectivity index (χ3n) is 2.24. The van der Waals surface area contributed by atoms with E-state index in [0.29, 0.717) is 12.0 Å². The standard InChI is InChI=1S/C11H25N3/c1-5-7-8-9-14(10(3)4)11(12)13-6-2/h10H,5-9H2,1-4H3,(H2,12,13). The van der Waals surface area contributed by atoms with E-state index < -0.39 is 0 Å². The molecule has 0 unspecified atom stereocenters. The van der Waals surface area contributed by atoms with E-state index in [1.807, 2.05) is 6.92 Å². The van der Waals surface area contributed by atoms with Gasteiger partial charge in [0.1, 0.15) is 0 Å². The summed E-state index contributed by atoms with van der Waals surface area (Å²) in [7, 11) is 0. The van der Waals surface area contributed by atoms with Crippen LogP contribution in [0.1, 0.15) is 47.0 Å². The lowest BCUT2D eigenvalue weighted by molar-refractivity contribution is 0.336. The average Bonchev–Trinajstić information content (AvgIpc) is 2.12. The molecule has 0 fully saturated rings. The molecule has 0 amide bonds. The zero-order valence-corrected chi connectivity index (χ0v) is 10.1. The molecule has 14 heavy (non-hydrogen) atoms. The van der Waals surface area contributed by atoms with Crippen LogP contribution >= 0.6 is 0 Å². The van der Waals surface area contributed by atoms with Crippen molar-refractivity contribution in [2.75, 3.05) is 13.1 Å². The summed E-state index contributed by atoms with van der Waals surface area (Å²) in [5.74, 6) is 0.693. The van der Waals surface area contributed by atoms with Crippen molar-refractivity contribution in [1.29, 1.82) is 0 Å². The summed E-state index contributed by atoms with van der Waals surface area (Å²) >= 11 is 0. The normalized spacial score (nSPS) is 12.2. The van der Waals surface area contributed by atoms with Crippen LogP contribution in [0.4, 0.5) is 0 Å². The molecule has 0 atom stereocenters. The lowest BCUT2D eigenvalue weighted by Gasteiger charge is -2.27. The maximum absolute atomic E-state index is 5.89. The Bertz CT molecular complexity index is 164. The van der Waals surface area contributed by atoms with E-state index in [-0.39, 0.29) is 0 Å². The minimum Gasteiger partial charge on any atom is -0.370 e. The highest BCUT2D eigenvalue weighted by Crippen LogP contribution is 2.03. The van der Waals surface area contributed by atoms with Gasteiger partial charge in [-0.1, -0.05) is 19.8 Å². The van der Waals surface area contributed by atoms with Gasteiger partial charge in [-0.15, -0.1) is 0 Å². The Labute approximate surface area is 88.4 Å². The first-order chi connectivity index (χ1) is 6.63. The molecule has 0 radical (unpaired) electrons. The highest BCUT2D eigenvalue weighted by Gasteiger charge is 2.10. The molecular weight excluding hydrogens is 174 g/mol. The van der Waals surface area contributed by atoms with Crippen molar-refractivity contribution < 1.29 is 0 Å². The second kappa shape index (κ2) is 7.65. The van der Waals surface area contributed by atoms with E-state index in [9.17, 15) is 0 Å². The maximum Gasteiger partial charge on any atom is 0.191 e. The van der Waals surface area contributed by atoms with Gasteiger partial charge in [-0.2, -0.15) is 0 Å². The molecule has 0 saturated heterocycles. The van der Waals surface area contributed by atoms with Crippen molar-refractivity contribution in [3.05, 3.63) is 0 Å². The van der Waals surface area contributed by atoms with Crippen LogP contribution in [0, 0.1) is 0 Å². The number of nitrogens with two attached hydrogens (primary N) is 1. The van der Waals surface area contributed by atoms with Crippen molar-refractivity contribution in [1.82, 2.24) is 4.90 Å². The van der Waals surface area contributed by atoms with E-state index >= 15 is 0 Å². The van der Waals surface area contributed by atoms with E-state index in [4.69, 9.17) is 5.73 Å². The van der Waals surface area contributed by atoms with Crippen LogP contribution in [0.15, 0.2) is 4.99 Å². The SMILES string of the molecule is CCCCCN(C(N)=NCC)C(C)C. The fourth-order valence-electron chi connectivity index (χ4n) is 1.42. The molecule has 0 aliphatic heterocycles. The molecule has 0 rings (SSSR count). The monoisotopic (exact) mass is 199 g/mol. The lowest BCUT2D eigenvalue weighted by Crippen LogP contribution is -2.42. The fraction of sp³-hybridized carbons (Fsp3) is 0.909. The molecule has 0 aromatic rings. The fourth-order valence-corrected chi connectivity index (χ4v) is 1.42. The van der Waals surface area contributed by atoms with Crippen LogP contribution in [0.5, 0.6) is 0 Å². The van der Waals surface area contributed by atoms with Crippen LogP contribution in [-0.4, -0.2) is 30.0 Å². The van der Waals surface area contributed by atoms with Crippen LogP contribution in [0.2, 0.25) is 0 Å². The van der Waals surface area contributed by atoms with Gasteiger partial charge in [0.2, 0.25) is 0 Å². The zero-order chi connectivity index (χ0) is 11.0.